The van der Waals surface area contributed by atoms with E-state index in [9.17, 15) is 4.79 Å². The number of pyridine rings is 2. The molecule has 0 radical (unpaired) electrons. The molecular weight excluding hydrogens is 454 g/mol. The van der Waals surface area contributed by atoms with Gasteiger partial charge in [0, 0.05) is 48.9 Å². The van der Waals surface area contributed by atoms with Crippen LogP contribution in [0.3, 0.4) is 0 Å². The zero-order valence-corrected chi connectivity index (χ0v) is 22.6. The van der Waals surface area contributed by atoms with Crippen LogP contribution in [0.4, 0.5) is 0 Å². The monoisotopic (exact) mass is 491 g/mol. The number of hydrogen-bond acceptors (Lipinski definition) is 4. The largest absolute Gasteiger partial charge is 0.565 e. The molecule has 4 heterocycles. The van der Waals surface area contributed by atoms with Crippen molar-refractivity contribution >= 4 is 30.3 Å². The molecule has 5 rings (SSSR count). The molecule has 1 fully saturated rings. The summed E-state index contributed by atoms with van der Waals surface area (Å²) in [5.74, 6) is 0. The zero-order chi connectivity index (χ0) is 24.8. The summed E-state index contributed by atoms with van der Waals surface area (Å²) < 4.78 is 12.6. The van der Waals surface area contributed by atoms with E-state index >= 15 is 0 Å². The van der Waals surface area contributed by atoms with E-state index in [0.29, 0.717) is 12.6 Å². The third-order valence-electron chi connectivity index (χ3n) is 7.83. The Morgan fingerprint density at radius 1 is 1.00 bits per heavy atom. The molecule has 0 unspecified atom stereocenters. The number of fused-ring (bicyclic) bond motifs is 2. The molecule has 0 N–H and O–H groups in total. The van der Waals surface area contributed by atoms with Gasteiger partial charge in [0.25, 0.3) is 0 Å². The van der Waals surface area contributed by atoms with Gasteiger partial charge in [-0.25, -0.2) is 4.79 Å². The lowest BCUT2D eigenvalue weighted by Crippen LogP contribution is -2.40. The van der Waals surface area contributed by atoms with Crippen molar-refractivity contribution in [2.45, 2.75) is 83.7 Å². The smallest absolute Gasteiger partial charge is 0.329 e. The van der Waals surface area contributed by atoms with E-state index in [-0.39, 0.29) is 10.7 Å². The highest BCUT2D eigenvalue weighted by Gasteiger charge is 2.29. The number of nitrogens with zero attached hydrogens (tertiary/aromatic N) is 5. The maximum absolute atomic E-state index is 13.4. The number of rotatable bonds is 9. The number of aryl methyl sites for hydroxylation is 1. The average molecular weight is 492 g/mol. The normalized spacial score (nSPS) is 14.9. The molecule has 0 aromatic carbocycles. The quantitative estimate of drug-likeness (QED) is 0.221. The van der Waals surface area contributed by atoms with Crippen LogP contribution < -0.4 is 5.69 Å². The van der Waals surface area contributed by atoms with Crippen LogP contribution in [0.25, 0.3) is 21.9 Å². The van der Waals surface area contributed by atoms with Crippen LogP contribution in [0, 0.1) is 0 Å². The molecule has 4 aromatic heterocycles. The van der Waals surface area contributed by atoms with Gasteiger partial charge in [-0.2, -0.15) is 0 Å². The van der Waals surface area contributed by atoms with Crippen LogP contribution in [0.15, 0.2) is 47.8 Å². The van der Waals surface area contributed by atoms with Gasteiger partial charge in [-0.15, -0.1) is 18.1 Å². The second-order valence-electron chi connectivity index (χ2n) is 11.4. The fourth-order valence-corrected chi connectivity index (χ4v) is 5.69. The molecule has 4 aromatic rings. The molecule has 0 aliphatic heterocycles. The highest BCUT2D eigenvalue weighted by atomic mass is 28.4. The van der Waals surface area contributed by atoms with E-state index in [1.165, 1.54) is 0 Å². The lowest BCUT2D eigenvalue weighted by Gasteiger charge is -2.48. The van der Waals surface area contributed by atoms with E-state index in [1.807, 2.05) is 33.8 Å². The van der Waals surface area contributed by atoms with E-state index in [0.717, 1.165) is 66.5 Å². The van der Waals surface area contributed by atoms with Crippen molar-refractivity contribution in [3.05, 3.63) is 59.2 Å². The topological polar surface area (TPSA) is 66.9 Å². The summed E-state index contributed by atoms with van der Waals surface area (Å²) in [6, 6.07) is 6.54. The highest BCUT2D eigenvalue weighted by Crippen LogP contribution is 2.37. The van der Waals surface area contributed by atoms with Crippen molar-refractivity contribution in [3.8, 4) is 0 Å². The molecule has 8 heteroatoms. The predicted molar refractivity (Wildman–Crippen MR) is 143 cm³/mol. The van der Waals surface area contributed by atoms with Gasteiger partial charge >= 0.3 is 5.69 Å². The molecule has 0 saturated heterocycles. The number of aromatic nitrogens is 5. The Bertz CT molecular complexity index is 1400. The van der Waals surface area contributed by atoms with Crippen LogP contribution in [0.5, 0.6) is 0 Å². The molecule has 1 aliphatic rings. The molecule has 187 valence electrons. The number of hydrogen-bond donors (Lipinski definition) is 0. The number of imidazole rings is 1. The third kappa shape index (κ3) is 4.61. The van der Waals surface area contributed by atoms with Gasteiger partial charge in [0.2, 0.25) is 0 Å². The lowest BCUT2D eigenvalue weighted by atomic mass is 10.2. The standard InChI is InChI=1S/C27H37N5O2Si/c1-27(2,3)35(4,5)34-15-7-6-14-30-22(16-20-17-28-12-10-23(20)30)19-31-25-18-29-13-11-24(25)32(26(31)33)21-8-9-21/h10-13,16-18,21H,6-9,14-15,19H2,1-5H3/q-1. The fraction of sp³-hybridized carbons (Fsp3) is 0.519. The van der Waals surface area contributed by atoms with E-state index < -0.39 is 8.32 Å². The lowest BCUT2D eigenvalue weighted by molar-refractivity contribution is 0.276. The third-order valence-corrected chi connectivity index (χ3v) is 12.4. The first-order valence-corrected chi connectivity index (χ1v) is 15.7. The van der Waals surface area contributed by atoms with E-state index in [4.69, 9.17) is 4.43 Å². The summed E-state index contributed by atoms with van der Waals surface area (Å²) in [6.45, 7) is 13.7. The van der Waals surface area contributed by atoms with Crippen LogP contribution >= 0.6 is 0 Å². The maximum atomic E-state index is 13.4. The van der Waals surface area contributed by atoms with Gasteiger partial charge in [-0.1, -0.05) is 20.8 Å². The first-order valence-electron chi connectivity index (χ1n) is 12.8. The van der Waals surface area contributed by atoms with E-state index in [2.05, 4.69) is 60.5 Å². The summed E-state index contributed by atoms with van der Waals surface area (Å²) in [7, 11) is -1.72. The molecule has 7 nitrogen and oxygen atoms in total. The van der Waals surface area contributed by atoms with Crippen LogP contribution in [-0.2, 0) is 17.5 Å². The van der Waals surface area contributed by atoms with Gasteiger partial charge in [0.05, 0.1) is 29.3 Å². The average Bonchev–Trinajstić information content (AvgIpc) is 3.53. The van der Waals surface area contributed by atoms with Gasteiger partial charge in [0.1, 0.15) is 0 Å². The molecule has 0 bridgehead atoms. The van der Waals surface area contributed by atoms with Crippen molar-refractivity contribution in [2.75, 3.05) is 6.61 Å². The summed E-state index contributed by atoms with van der Waals surface area (Å²) in [5, 5.41) is 1.34. The van der Waals surface area contributed by atoms with Crippen molar-refractivity contribution < 1.29 is 4.43 Å². The van der Waals surface area contributed by atoms with Crippen LogP contribution in [0.2, 0.25) is 18.1 Å². The first kappa shape index (κ1) is 24.0. The minimum atomic E-state index is -1.72. The molecule has 1 aliphatic carbocycles. The summed E-state index contributed by atoms with van der Waals surface area (Å²) in [5.41, 5.74) is 4.24. The van der Waals surface area contributed by atoms with Gasteiger partial charge < -0.3 is 8.99 Å². The van der Waals surface area contributed by atoms with Gasteiger partial charge in [-0.3, -0.25) is 19.1 Å². The Kier molecular flexibility index (Phi) is 6.21. The second kappa shape index (κ2) is 9.06. The van der Waals surface area contributed by atoms with Crippen LogP contribution in [0.1, 0.15) is 58.2 Å². The highest BCUT2D eigenvalue weighted by molar-refractivity contribution is 6.74. The number of unbranched alkanes of at least 4 members (excludes halogenated alkanes) is 1. The molecule has 1 saturated carbocycles. The van der Waals surface area contributed by atoms with E-state index in [1.54, 1.807) is 6.20 Å². The summed E-state index contributed by atoms with van der Waals surface area (Å²) in [6.07, 6.45) is 11.5. The van der Waals surface area contributed by atoms with Crippen LogP contribution in [-0.4, -0.2) is 38.6 Å². The Hall–Kier alpha value is -2.71. The van der Waals surface area contributed by atoms with Crippen molar-refractivity contribution in [3.63, 3.8) is 0 Å². The molecule has 0 amide bonds. The predicted octanol–water partition coefficient (Wildman–Crippen LogP) is 5.73. The van der Waals surface area contributed by atoms with Crippen molar-refractivity contribution in [2.24, 2.45) is 0 Å². The Morgan fingerprint density at radius 3 is 2.43 bits per heavy atom. The minimum absolute atomic E-state index is 0.0631. The second-order valence-corrected chi connectivity index (χ2v) is 16.2. The zero-order valence-electron chi connectivity index (χ0n) is 21.6. The molecule has 35 heavy (non-hydrogen) atoms. The van der Waals surface area contributed by atoms with Crippen molar-refractivity contribution in [1.82, 2.24) is 23.7 Å². The Morgan fingerprint density at radius 2 is 1.71 bits per heavy atom. The molecule has 0 spiro atoms. The first-order chi connectivity index (χ1) is 16.7. The minimum Gasteiger partial charge on any atom is -0.565 e. The van der Waals surface area contributed by atoms with Crippen molar-refractivity contribution in [1.29, 1.82) is 0 Å². The van der Waals surface area contributed by atoms with Gasteiger partial charge in [0.15, 0.2) is 0 Å². The molecular formula is C27H37N5O2Si-. The Balaban J connectivity index is 1.39. The SMILES string of the molecule is CC(C)(C)[Si-](C)(C)OCCCCn1c(Cn2c(=O)n(C3CC3)c3ccncc32)cc2cnccc21. The molecule has 0 atom stereocenters. The fourth-order valence-electron chi connectivity index (χ4n) is 4.61. The van der Waals surface area contributed by atoms with Gasteiger partial charge in [-0.05, 0) is 52.2 Å². The Labute approximate surface area is 207 Å². The summed E-state index contributed by atoms with van der Waals surface area (Å²) >= 11 is 0. The summed E-state index contributed by atoms with van der Waals surface area (Å²) in [4.78, 5) is 22.1. The maximum Gasteiger partial charge on any atom is 0.329 e.